The Balaban J connectivity index is 0.000000178. The number of hydroxylamine groups is 2. The van der Waals surface area contributed by atoms with E-state index in [0.29, 0.717) is 57.9 Å². The molecule has 1 aliphatic rings. The summed E-state index contributed by atoms with van der Waals surface area (Å²) in [6.07, 6.45) is 2.61. The number of aliphatic hydroxyl groups is 5. The van der Waals surface area contributed by atoms with Gasteiger partial charge in [0, 0.05) is 50.0 Å². The van der Waals surface area contributed by atoms with Gasteiger partial charge >= 0.3 is 0 Å². The molecule has 378 valence electrons. The van der Waals surface area contributed by atoms with E-state index in [1.165, 1.54) is 19.1 Å². The number of amides is 2. The number of hydrazine groups is 1. The number of rotatable bonds is 14. The first-order valence-electron chi connectivity index (χ1n) is 22.2. The molecule has 73 heavy (non-hydrogen) atoms. The van der Waals surface area contributed by atoms with Crippen LogP contribution in [0.4, 0.5) is 0 Å². The molecule has 7 heterocycles. The molecule has 0 saturated carbocycles. The van der Waals surface area contributed by atoms with Crippen molar-refractivity contribution in [2.24, 2.45) is 16.8 Å². The molecule has 0 spiro atoms. The van der Waals surface area contributed by atoms with Crippen LogP contribution in [0.25, 0.3) is 33.1 Å². The molecule has 10 rings (SSSR count). The maximum Gasteiger partial charge on any atom is 0.285 e. The number of imide groups is 1. The molecular formula is C49H52N14O10. The van der Waals surface area contributed by atoms with Crippen LogP contribution in [-0.4, -0.2) is 149 Å². The Morgan fingerprint density at radius 1 is 0.630 bits per heavy atom. The number of benzene rings is 3. The smallest absolute Gasteiger partial charge is 0.285 e. The van der Waals surface area contributed by atoms with Crippen LogP contribution in [0.5, 0.6) is 0 Å². The van der Waals surface area contributed by atoms with Gasteiger partial charge in [-0.25, -0.2) is 0 Å². The predicted octanol–water partition coefficient (Wildman–Crippen LogP) is 1.82. The van der Waals surface area contributed by atoms with E-state index < -0.39 is 30.6 Å². The van der Waals surface area contributed by atoms with Crippen molar-refractivity contribution in [3.63, 3.8) is 0 Å². The lowest BCUT2D eigenvalue weighted by Gasteiger charge is -2.15. The highest BCUT2D eigenvalue weighted by atomic mass is 16.7. The number of pyridine rings is 2. The van der Waals surface area contributed by atoms with Gasteiger partial charge in [-0.2, -0.15) is 19.2 Å². The minimum absolute atomic E-state index is 0.0803. The fourth-order valence-corrected chi connectivity index (χ4v) is 6.92. The first-order valence-corrected chi connectivity index (χ1v) is 22.2. The zero-order valence-corrected chi connectivity index (χ0v) is 39.7. The summed E-state index contributed by atoms with van der Waals surface area (Å²) in [6, 6.07) is 33.4. The van der Waals surface area contributed by atoms with Crippen LogP contribution in [0, 0.1) is 0 Å². The van der Waals surface area contributed by atoms with E-state index in [1.807, 2.05) is 54.6 Å². The van der Waals surface area contributed by atoms with Crippen LogP contribution in [-0.2, 0) is 22.5 Å². The van der Waals surface area contributed by atoms with Crippen LogP contribution >= 0.6 is 0 Å². The lowest BCUT2D eigenvalue weighted by molar-refractivity contribution is -0.121. The van der Waals surface area contributed by atoms with E-state index in [-0.39, 0.29) is 36.7 Å². The number of Topliss-reactive ketones (excluding diaryl/α,β-unsaturated/α-hetero) is 1. The average Bonchev–Trinajstić information content (AvgIpc) is 4.11. The minimum atomic E-state index is -1.13. The number of nitrogens with two attached hydrogens (primary N) is 2. The topological polar surface area (TPSA) is 350 Å². The molecule has 0 fully saturated rings. The van der Waals surface area contributed by atoms with Gasteiger partial charge in [0.1, 0.15) is 42.5 Å². The number of oxime groups is 1. The standard InChI is InChI=1S/C20H20N6O3.C17H13N5O.C11H11NO5.CH4O.H4N2/c1-13(25-29-12-16(28)11-27)17-6-7-19-22-23-20(26(19)24-17)10-14-4-5-18-15(9-14)3-2-8-21-18;1-11(23)14-6-7-16-19-20-17(22(16)21-14)10-12-4-5-15-13(9-12)3-2-8-18-15;13-5-7(14)6-17-12-10(15)8-3-1-2-4-9(8)11(12)16;2*1-2/h2-9,16,27-28H,10-12H2,1H3;2-9H,10H2,1H3;1-4,7,13-14H,5-6H2;2H,1H3;1-2H2/b25-13+;;;;. The molecule has 0 aliphatic carbocycles. The molecule has 2 unspecified atom stereocenters. The van der Waals surface area contributed by atoms with Gasteiger partial charge < -0.3 is 30.4 Å². The average molecular weight is 997 g/mol. The molecule has 2 atom stereocenters. The molecule has 9 N–H and O–H groups in total. The highest BCUT2D eigenvalue weighted by molar-refractivity contribution is 6.20. The molecule has 1 aliphatic heterocycles. The van der Waals surface area contributed by atoms with Crippen molar-refractivity contribution in [1.29, 1.82) is 0 Å². The van der Waals surface area contributed by atoms with Gasteiger partial charge in [-0.05, 0) is 90.8 Å². The Kier molecular flexibility index (Phi) is 19.3. The largest absolute Gasteiger partial charge is 0.400 e. The normalized spacial score (nSPS) is 12.7. The Labute approximate surface area is 415 Å². The van der Waals surface area contributed by atoms with Gasteiger partial charge in [-0.3, -0.25) is 40.9 Å². The van der Waals surface area contributed by atoms with E-state index in [4.69, 9.17) is 30.1 Å². The van der Waals surface area contributed by atoms with Crippen molar-refractivity contribution >= 4 is 56.4 Å². The van der Waals surface area contributed by atoms with Crippen molar-refractivity contribution in [3.05, 3.63) is 167 Å². The number of ketones is 1. The lowest BCUT2D eigenvalue weighted by atomic mass is 10.1. The molecule has 0 radical (unpaired) electrons. The Bertz CT molecular complexity index is 3310. The second kappa shape index (κ2) is 26.1. The van der Waals surface area contributed by atoms with E-state index in [9.17, 15) is 19.5 Å². The molecule has 9 aromatic rings. The molecule has 6 aromatic heterocycles. The third-order valence-corrected chi connectivity index (χ3v) is 10.5. The Morgan fingerprint density at radius 2 is 1.11 bits per heavy atom. The first kappa shape index (κ1) is 53.9. The molecule has 0 bridgehead atoms. The third kappa shape index (κ3) is 13.5. The van der Waals surface area contributed by atoms with Crippen molar-refractivity contribution in [2.45, 2.75) is 38.9 Å². The van der Waals surface area contributed by atoms with Crippen LogP contribution < -0.4 is 11.7 Å². The molecule has 24 nitrogen and oxygen atoms in total. The number of hydrogen-bond acceptors (Lipinski definition) is 21. The number of aromatic nitrogens is 10. The highest BCUT2D eigenvalue weighted by Crippen LogP contribution is 2.23. The summed E-state index contributed by atoms with van der Waals surface area (Å²) in [5.74, 6) is 8.20. The van der Waals surface area contributed by atoms with Crippen LogP contribution in [0.1, 0.15) is 73.5 Å². The Hall–Kier alpha value is -8.46. The highest BCUT2D eigenvalue weighted by Gasteiger charge is 2.36. The van der Waals surface area contributed by atoms with Gasteiger partial charge in [0.25, 0.3) is 11.8 Å². The monoisotopic (exact) mass is 996 g/mol. The van der Waals surface area contributed by atoms with Crippen LogP contribution in [0.2, 0.25) is 0 Å². The molecule has 2 amide bonds. The molecule has 0 saturated heterocycles. The fourth-order valence-electron chi connectivity index (χ4n) is 6.92. The zero-order valence-electron chi connectivity index (χ0n) is 39.7. The van der Waals surface area contributed by atoms with Crippen LogP contribution in [0.3, 0.4) is 0 Å². The van der Waals surface area contributed by atoms with Crippen molar-refractivity contribution in [3.8, 4) is 0 Å². The summed E-state index contributed by atoms with van der Waals surface area (Å²) in [4.78, 5) is 53.6. The van der Waals surface area contributed by atoms with Crippen molar-refractivity contribution in [2.75, 3.05) is 33.5 Å². The van der Waals surface area contributed by atoms with Gasteiger partial charge in [0.15, 0.2) is 28.7 Å². The maximum absolute atomic E-state index is 11.7. The summed E-state index contributed by atoms with van der Waals surface area (Å²) in [5.41, 5.74) is 7.43. The SMILES string of the molecule is C/C(=N\OCC(O)CO)c1ccc2nnc(Cc3ccc4ncccc4c3)n2n1.CC(=O)c1ccc2nnc(Cc3ccc4ncccc4c3)n2n1.CO.NN.O=C1c2ccccc2C(=O)N1OCC(O)CO. The number of fused-ring (bicyclic) bond motifs is 5. The van der Waals surface area contributed by atoms with Crippen molar-refractivity contribution < 1.29 is 49.6 Å². The van der Waals surface area contributed by atoms with E-state index in [2.05, 4.69) is 69.5 Å². The van der Waals surface area contributed by atoms with Gasteiger partial charge in [0.05, 0.1) is 35.4 Å². The van der Waals surface area contributed by atoms with E-state index in [1.54, 1.807) is 58.7 Å². The number of carbonyl (C=O) groups excluding carboxylic acids is 3. The van der Waals surface area contributed by atoms with E-state index >= 15 is 0 Å². The number of hydrogen-bond donors (Lipinski definition) is 7. The number of carbonyl (C=O) groups is 3. The van der Waals surface area contributed by atoms with E-state index in [0.717, 1.165) is 40.0 Å². The second-order valence-electron chi connectivity index (χ2n) is 15.6. The minimum Gasteiger partial charge on any atom is -0.400 e. The van der Waals surface area contributed by atoms with Crippen molar-refractivity contribution in [1.82, 2.24) is 54.7 Å². The predicted molar refractivity (Wildman–Crippen MR) is 264 cm³/mol. The fraction of sp³-hybridized carbons (Fsp3) is 0.224. The maximum atomic E-state index is 11.7. The summed E-state index contributed by atoms with van der Waals surface area (Å²) < 4.78 is 3.31. The number of aliphatic hydroxyl groups excluding tert-OH is 5. The summed E-state index contributed by atoms with van der Waals surface area (Å²) >= 11 is 0. The van der Waals surface area contributed by atoms with Gasteiger partial charge in [-0.1, -0.05) is 41.6 Å². The quantitative estimate of drug-likeness (QED) is 0.0268. The summed E-state index contributed by atoms with van der Waals surface area (Å²) in [6.45, 7) is 1.96. The second-order valence-corrected chi connectivity index (χ2v) is 15.6. The lowest BCUT2D eigenvalue weighted by Crippen LogP contribution is -2.34. The van der Waals surface area contributed by atoms with Crippen LogP contribution in [0.15, 0.2) is 127 Å². The summed E-state index contributed by atoms with van der Waals surface area (Å²) in [7, 11) is 1.00. The first-order chi connectivity index (χ1) is 35.5. The molecule has 3 aromatic carbocycles. The van der Waals surface area contributed by atoms with Gasteiger partial charge in [0.2, 0.25) is 0 Å². The molecule has 24 heteroatoms. The summed E-state index contributed by atoms with van der Waals surface area (Å²) in [5, 5.41) is 75.1. The molecular weight excluding hydrogens is 945 g/mol. The Morgan fingerprint density at radius 3 is 1.60 bits per heavy atom. The third-order valence-electron chi connectivity index (χ3n) is 10.5. The van der Waals surface area contributed by atoms with Gasteiger partial charge in [-0.15, -0.1) is 25.5 Å². The zero-order chi connectivity index (χ0) is 52.4. The number of nitrogens with zero attached hydrogens (tertiary/aromatic N) is 12.